The van der Waals surface area contributed by atoms with E-state index in [9.17, 15) is 13.2 Å². The highest BCUT2D eigenvalue weighted by molar-refractivity contribution is 14.1. The molecule has 1 aliphatic heterocycles. The minimum atomic E-state index is -4.45. The summed E-state index contributed by atoms with van der Waals surface area (Å²) in [6.45, 7) is 9.07. The summed E-state index contributed by atoms with van der Waals surface area (Å²) in [4.78, 5) is 9.08. The Morgan fingerprint density at radius 1 is 1.27 bits per heavy atom. The van der Waals surface area contributed by atoms with Crippen molar-refractivity contribution in [3.8, 4) is 16.9 Å². The summed E-state index contributed by atoms with van der Waals surface area (Å²) < 4.78 is 41.1. The number of benzene rings is 2. The molecule has 0 atom stereocenters. The zero-order valence-corrected chi connectivity index (χ0v) is 24.5. The molecule has 1 aliphatic rings. The van der Waals surface area contributed by atoms with Crippen LogP contribution in [-0.4, -0.2) is 38.3 Å². The number of H-pyrrole nitrogens is 1. The number of nitrogens with zero attached hydrogens (tertiary/aromatic N) is 4. The van der Waals surface area contributed by atoms with Gasteiger partial charge in [0.15, 0.2) is 5.96 Å². The van der Waals surface area contributed by atoms with E-state index >= 15 is 0 Å². The van der Waals surface area contributed by atoms with E-state index in [0.29, 0.717) is 32.1 Å². The lowest BCUT2D eigenvalue weighted by Gasteiger charge is -2.28. The maximum absolute atomic E-state index is 12.6. The molecule has 2 aromatic heterocycles. The molecule has 0 spiro atoms. The van der Waals surface area contributed by atoms with Crippen molar-refractivity contribution in [1.82, 2.24) is 19.7 Å². The third-order valence-electron chi connectivity index (χ3n) is 7.29. The number of rotatable bonds is 6. The predicted octanol–water partition coefficient (Wildman–Crippen LogP) is 6.97. The third kappa shape index (κ3) is 5.28. The van der Waals surface area contributed by atoms with E-state index in [1.165, 1.54) is 11.1 Å². The van der Waals surface area contributed by atoms with Crippen LogP contribution in [0.15, 0.2) is 66.5 Å². The fraction of sp³-hybridized carbons (Fsp3) is 0.267. The number of para-hydroxylation sites is 1. The van der Waals surface area contributed by atoms with Crippen LogP contribution in [0.2, 0.25) is 0 Å². The normalized spacial score (nSPS) is 14.3. The number of nitrogens with one attached hydrogen (secondary N) is 1. The largest absolute Gasteiger partial charge is 0.411 e. The molecule has 0 amide bonds. The molecule has 0 fully saturated rings. The first-order valence-electron chi connectivity index (χ1n) is 13.0. The van der Waals surface area contributed by atoms with Gasteiger partial charge in [-0.15, -0.1) is 6.58 Å². The molecule has 10 heteroatoms. The van der Waals surface area contributed by atoms with Gasteiger partial charge in [-0.05, 0) is 71.2 Å². The van der Waals surface area contributed by atoms with E-state index in [1.807, 2.05) is 17.2 Å². The second-order valence-corrected chi connectivity index (χ2v) is 10.9. The minimum Gasteiger partial charge on any atom is -0.369 e. The number of hydrogen-bond donors (Lipinski definition) is 2. The van der Waals surface area contributed by atoms with Crippen molar-refractivity contribution < 1.29 is 13.2 Å². The second-order valence-electron chi connectivity index (χ2n) is 9.77. The van der Waals surface area contributed by atoms with Crippen LogP contribution in [0.25, 0.3) is 27.8 Å². The van der Waals surface area contributed by atoms with Gasteiger partial charge in [-0.25, -0.2) is 9.67 Å². The molecule has 6 nitrogen and oxygen atoms in total. The summed E-state index contributed by atoms with van der Waals surface area (Å²) in [5, 5.41) is 6.26. The van der Waals surface area contributed by atoms with E-state index in [-0.39, 0.29) is 12.0 Å². The number of nitrogens with two attached hydrogens (primary N) is 1. The molecule has 3 N–H and O–H groups in total. The first kappa shape index (κ1) is 28.0. The van der Waals surface area contributed by atoms with Gasteiger partial charge >= 0.3 is 6.18 Å². The molecule has 0 bridgehead atoms. The van der Waals surface area contributed by atoms with E-state index in [2.05, 4.69) is 88.0 Å². The van der Waals surface area contributed by atoms with Crippen LogP contribution < -0.4 is 5.73 Å². The Hall–Kier alpha value is -3.54. The molecule has 0 aliphatic carbocycles. The summed E-state index contributed by atoms with van der Waals surface area (Å²) in [6.07, 6.45) is 2.28. The number of allylic oxidation sites excluding steroid dienone is 2. The van der Waals surface area contributed by atoms with Crippen LogP contribution >= 0.6 is 22.6 Å². The number of aromatic nitrogens is 3. The van der Waals surface area contributed by atoms with Crippen molar-refractivity contribution in [1.29, 1.82) is 0 Å². The smallest absolute Gasteiger partial charge is 0.369 e. The van der Waals surface area contributed by atoms with Crippen LogP contribution in [0, 0.1) is 10.5 Å². The lowest BCUT2D eigenvalue weighted by molar-refractivity contribution is -0.0799. The SMILES string of the molecule is C=CCc1cccc(CC)c1-n1nc2c(c1-c1cc(I)c(C)c3[nH]ccc13)CN(C(N)=N/C=C/C(F)(F)F)CC2. The fourth-order valence-electron chi connectivity index (χ4n) is 5.34. The van der Waals surface area contributed by atoms with Gasteiger partial charge in [0.1, 0.15) is 0 Å². The molecule has 2 aromatic carbocycles. The summed E-state index contributed by atoms with van der Waals surface area (Å²) >= 11 is 2.36. The van der Waals surface area contributed by atoms with E-state index < -0.39 is 6.18 Å². The van der Waals surface area contributed by atoms with Crippen molar-refractivity contribution in [3.63, 3.8) is 0 Å². The monoisotopic (exact) mass is 658 g/mol. The standard InChI is InChI=1S/C30H30F3IN6/c1-4-7-20-9-6-8-19(5-2)27(20)40-28(22-16-24(34)18(3)26-21(22)10-13-36-26)23-17-39(15-11-25(23)38-40)29(35)37-14-12-30(31,32)33/h4,6,8-10,12-14,16,36H,1,5,7,11,15,17H2,2-3H3,(H2,35,37)/b14-12+. The van der Waals surface area contributed by atoms with Gasteiger partial charge in [0.25, 0.3) is 0 Å². The number of aromatic amines is 1. The first-order chi connectivity index (χ1) is 19.1. The quantitative estimate of drug-likeness (QED) is 0.102. The molecule has 3 heterocycles. The molecule has 208 valence electrons. The number of fused-ring (bicyclic) bond motifs is 2. The van der Waals surface area contributed by atoms with Gasteiger partial charge in [-0.2, -0.15) is 18.3 Å². The zero-order valence-electron chi connectivity index (χ0n) is 22.3. The maximum atomic E-state index is 12.6. The fourth-order valence-corrected chi connectivity index (χ4v) is 5.92. The molecule has 0 unspecified atom stereocenters. The van der Waals surface area contributed by atoms with Crippen molar-refractivity contribution in [2.45, 2.75) is 45.8 Å². The topological polar surface area (TPSA) is 75.2 Å². The first-order valence-corrected chi connectivity index (χ1v) is 14.1. The molecular formula is C30H30F3IN6. The molecule has 0 radical (unpaired) electrons. The van der Waals surface area contributed by atoms with Gasteiger partial charge in [-0.3, -0.25) is 0 Å². The Morgan fingerprint density at radius 3 is 2.77 bits per heavy atom. The third-order valence-corrected chi connectivity index (χ3v) is 8.41. The predicted molar refractivity (Wildman–Crippen MR) is 163 cm³/mol. The molecule has 0 saturated heterocycles. The Bertz CT molecular complexity index is 1640. The number of hydrogen-bond acceptors (Lipinski definition) is 2. The van der Waals surface area contributed by atoms with Crippen molar-refractivity contribution in [3.05, 3.63) is 93.0 Å². The van der Waals surface area contributed by atoms with E-state index in [0.717, 1.165) is 54.7 Å². The lowest BCUT2D eigenvalue weighted by Crippen LogP contribution is -2.40. The number of halogens is 4. The Labute approximate surface area is 244 Å². The van der Waals surface area contributed by atoms with Crippen molar-refractivity contribution >= 4 is 39.5 Å². The highest BCUT2D eigenvalue weighted by Crippen LogP contribution is 2.40. The number of guanidine groups is 1. The molecule has 4 aromatic rings. The Balaban J connectivity index is 1.74. The Morgan fingerprint density at radius 2 is 2.05 bits per heavy atom. The summed E-state index contributed by atoms with van der Waals surface area (Å²) in [5.41, 5.74) is 15.7. The van der Waals surface area contributed by atoms with Gasteiger partial charge < -0.3 is 15.6 Å². The van der Waals surface area contributed by atoms with Crippen LogP contribution in [0.3, 0.4) is 0 Å². The molecule has 40 heavy (non-hydrogen) atoms. The molecule has 5 rings (SSSR count). The zero-order chi connectivity index (χ0) is 28.6. The minimum absolute atomic E-state index is 0.0384. The van der Waals surface area contributed by atoms with Crippen molar-refractivity contribution in [2.75, 3.05) is 6.54 Å². The highest BCUT2D eigenvalue weighted by atomic mass is 127. The second kappa shape index (κ2) is 11.1. The van der Waals surface area contributed by atoms with Crippen molar-refractivity contribution in [2.24, 2.45) is 10.7 Å². The van der Waals surface area contributed by atoms with Gasteiger partial charge in [-0.1, -0.05) is 31.2 Å². The molecular weight excluding hydrogens is 628 g/mol. The number of aliphatic imine (C=N–C) groups is 1. The van der Waals surface area contributed by atoms with Crippen LogP contribution in [0.5, 0.6) is 0 Å². The van der Waals surface area contributed by atoms with Gasteiger partial charge in [0.05, 0.1) is 22.6 Å². The van der Waals surface area contributed by atoms with Crippen LogP contribution in [-0.2, 0) is 25.8 Å². The summed E-state index contributed by atoms with van der Waals surface area (Å²) in [6, 6.07) is 10.6. The summed E-state index contributed by atoms with van der Waals surface area (Å²) in [7, 11) is 0. The highest BCUT2D eigenvalue weighted by Gasteiger charge is 2.30. The average molecular weight is 659 g/mol. The van der Waals surface area contributed by atoms with Crippen LogP contribution in [0.1, 0.15) is 34.9 Å². The summed E-state index contributed by atoms with van der Waals surface area (Å²) in [5.74, 6) is 0.0384. The van der Waals surface area contributed by atoms with E-state index in [1.54, 1.807) is 0 Å². The molecule has 0 saturated carbocycles. The van der Waals surface area contributed by atoms with E-state index in [4.69, 9.17) is 10.8 Å². The Kier molecular flexibility index (Phi) is 7.80. The van der Waals surface area contributed by atoms with Gasteiger partial charge in [0.2, 0.25) is 0 Å². The van der Waals surface area contributed by atoms with Gasteiger partial charge in [0, 0.05) is 58.1 Å². The van der Waals surface area contributed by atoms with Crippen LogP contribution in [0.4, 0.5) is 13.2 Å². The number of alkyl halides is 3. The lowest BCUT2D eigenvalue weighted by atomic mass is 9.96. The number of aryl methyl sites for hydroxylation is 2. The average Bonchev–Trinajstić information content (AvgIpc) is 3.55. The maximum Gasteiger partial charge on any atom is 0.411 e.